The van der Waals surface area contributed by atoms with E-state index in [0.717, 1.165) is 19.5 Å². The molecule has 0 aromatic carbocycles. The van der Waals surface area contributed by atoms with Gasteiger partial charge in [-0.15, -0.1) is 0 Å². The Bertz CT molecular complexity index is 226. The summed E-state index contributed by atoms with van der Waals surface area (Å²) in [6.45, 7) is 1.66. The van der Waals surface area contributed by atoms with Crippen LogP contribution in [0.4, 0.5) is 0 Å². The molecule has 1 unspecified atom stereocenters. The molecule has 0 aliphatic carbocycles. The van der Waals surface area contributed by atoms with Crippen LogP contribution in [0.2, 0.25) is 0 Å². The first-order valence-corrected chi connectivity index (χ1v) is 4.83. The maximum Gasteiger partial charge on any atom is 0.320 e. The molecule has 0 radical (unpaired) electrons. The topological polar surface area (TPSA) is 69.6 Å². The van der Waals surface area contributed by atoms with E-state index in [9.17, 15) is 9.59 Å². The van der Waals surface area contributed by atoms with Crippen molar-refractivity contribution in [2.45, 2.75) is 25.3 Å². The number of rotatable bonds is 5. The Hall–Kier alpha value is -1.10. The van der Waals surface area contributed by atoms with E-state index in [1.807, 2.05) is 0 Å². The third kappa shape index (κ3) is 2.70. The second-order valence-corrected chi connectivity index (χ2v) is 3.45. The van der Waals surface area contributed by atoms with Crippen LogP contribution in [0.5, 0.6) is 0 Å². The average molecular weight is 200 g/mol. The molecule has 1 atom stereocenters. The zero-order valence-electron chi connectivity index (χ0n) is 8.32. The minimum atomic E-state index is -0.899. The number of carbonyl (C=O) groups excluding carboxylic acids is 1. The quantitative estimate of drug-likeness (QED) is 0.637. The number of nitrogens with one attached hydrogen (secondary N) is 1. The lowest BCUT2D eigenvalue weighted by atomic mass is 10.1. The molecule has 1 aliphatic heterocycles. The fourth-order valence-corrected chi connectivity index (χ4v) is 1.38. The van der Waals surface area contributed by atoms with Gasteiger partial charge in [0.2, 0.25) is 5.91 Å². The summed E-state index contributed by atoms with van der Waals surface area (Å²) in [5.41, 5.74) is 0. The molecule has 1 saturated heterocycles. The summed E-state index contributed by atoms with van der Waals surface area (Å²) in [5.74, 6) is -0.832. The van der Waals surface area contributed by atoms with E-state index in [0.29, 0.717) is 12.8 Å². The number of nitrogens with zero attached hydrogens (tertiary/aromatic N) is 1. The third-order valence-corrected chi connectivity index (χ3v) is 2.50. The third-order valence-electron chi connectivity index (χ3n) is 2.50. The van der Waals surface area contributed by atoms with E-state index >= 15 is 0 Å². The van der Waals surface area contributed by atoms with Gasteiger partial charge in [0.05, 0.1) is 0 Å². The minimum Gasteiger partial charge on any atom is -0.480 e. The van der Waals surface area contributed by atoms with Gasteiger partial charge in [0.15, 0.2) is 0 Å². The Morgan fingerprint density at radius 3 is 2.50 bits per heavy atom. The van der Waals surface area contributed by atoms with Crippen molar-refractivity contribution in [2.75, 3.05) is 20.1 Å². The smallest absolute Gasteiger partial charge is 0.320 e. The van der Waals surface area contributed by atoms with E-state index in [-0.39, 0.29) is 5.91 Å². The summed E-state index contributed by atoms with van der Waals surface area (Å²) in [7, 11) is 1.59. The Morgan fingerprint density at radius 2 is 2.14 bits per heavy atom. The van der Waals surface area contributed by atoms with E-state index in [1.165, 1.54) is 0 Å². The number of hydrogen-bond donors (Lipinski definition) is 2. The van der Waals surface area contributed by atoms with Crippen molar-refractivity contribution in [3.63, 3.8) is 0 Å². The molecule has 0 aromatic heterocycles. The van der Waals surface area contributed by atoms with Crippen LogP contribution in [0.1, 0.15) is 19.3 Å². The summed E-state index contributed by atoms with van der Waals surface area (Å²) in [5, 5.41) is 11.4. The van der Waals surface area contributed by atoms with Crippen molar-refractivity contribution in [3.05, 3.63) is 0 Å². The maximum atomic E-state index is 11.4. The second-order valence-electron chi connectivity index (χ2n) is 3.45. The lowest BCUT2D eigenvalue weighted by Gasteiger charge is -2.31. The van der Waals surface area contributed by atoms with Crippen LogP contribution in [0.15, 0.2) is 0 Å². The molecule has 1 amide bonds. The number of carboxylic acids is 1. The summed E-state index contributed by atoms with van der Waals surface area (Å²) < 4.78 is 0. The van der Waals surface area contributed by atoms with Gasteiger partial charge < -0.3 is 15.3 Å². The lowest BCUT2D eigenvalue weighted by Crippen LogP contribution is -2.43. The number of hydrogen-bond acceptors (Lipinski definition) is 3. The summed E-state index contributed by atoms with van der Waals surface area (Å²) in [4.78, 5) is 23.7. The van der Waals surface area contributed by atoms with Crippen LogP contribution in [-0.2, 0) is 9.59 Å². The second kappa shape index (κ2) is 4.95. The van der Waals surface area contributed by atoms with Crippen LogP contribution in [0.3, 0.4) is 0 Å². The first kappa shape index (κ1) is 11.0. The van der Waals surface area contributed by atoms with Crippen molar-refractivity contribution in [2.24, 2.45) is 0 Å². The fraction of sp³-hybridized carbons (Fsp3) is 0.778. The van der Waals surface area contributed by atoms with Crippen molar-refractivity contribution in [1.82, 2.24) is 10.2 Å². The Labute approximate surface area is 83.1 Å². The van der Waals surface area contributed by atoms with Gasteiger partial charge in [0.25, 0.3) is 0 Å². The van der Waals surface area contributed by atoms with E-state index in [4.69, 9.17) is 5.11 Å². The molecule has 80 valence electrons. The zero-order valence-corrected chi connectivity index (χ0v) is 8.32. The van der Waals surface area contributed by atoms with E-state index < -0.39 is 12.0 Å². The SMILES string of the molecule is CNC(CCC(=O)N1CCC1)C(=O)O. The van der Waals surface area contributed by atoms with Gasteiger partial charge in [-0.1, -0.05) is 0 Å². The molecule has 0 aromatic rings. The Balaban J connectivity index is 2.23. The number of amides is 1. The molecule has 0 saturated carbocycles. The predicted molar refractivity (Wildman–Crippen MR) is 50.9 cm³/mol. The van der Waals surface area contributed by atoms with Crippen molar-refractivity contribution in [3.8, 4) is 0 Å². The van der Waals surface area contributed by atoms with Crippen LogP contribution < -0.4 is 5.32 Å². The van der Waals surface area contributed by atoms with Gasteiger partial charge >= 0.3 is 5.97 Å². The van der Waals surface area contributed by atoms with Gasteiger partial charge in [-0.2, -0.15) is 0 Å². The molecule has 14 heavy (non-hydrogen) atoms. The normalized spacial score (nSPS) is 17.4. The Kier molecular flexibility index (Phi) is 3.88. The van der Waals surface area contributed by atoms with E-state index in [2.05, 4.69) is 5.32 Å². The molecule has 5 heteroatoms. The molecular formula is C9H16N2O3. The summed E-state index contributed by atoms with van der Waals surface area (Å²) in [6.07, 6.45) is 1.75. The van der Waals surface area contributed by atoms with Gasteiger partial charge in [-0.05, 0) is 19.9 Å². The van der Waals surface area contributed by atoms with Gasteiger partial charge in [0.1, 0.15) is 6.04 Å². The largest absolute Gasteiger partial charge is 0.480 e. The minimum absolute atomic E-state index is 0.0674. The van der Waals surface area contributed by atoms with Crippen LogP contribution >= 0.6 is 0 Å². The molecule has 0 bridgehead atoms. The molecular weight excluding hydrogens is 184 g/mol. The zero-order chi connectivity index (χ0) is 10.6. The average Bonchev–Trinajstić information content (AvgIpc) is 2.01. The van der Waals surface area contributed by atoms with Crippen LogP contribution in [0.25, 0.3) is 0 Å². The van der Waals surface area contributed by atoms with Crippen molar-refractivity contribution in [1.29, 1.82) is 0 Å². The highest BCUT2D eigenvalue weighted by atomic mass is 16.4. The number of carboxylic acid groups (broad SMARTS) is 1. The summed E-state index contributed by atoms with van der Waals surface area (Å²) >= 11 is 0. The molecule has 1 heterocycles. The van der Waals surface area contributed by atoms with Crippen molar-refractivity contribution >= 4 is 11.9 Å². The van der Waals surface area contributed by atoms with Crippen LogP contribution in [-0.4, -0.2) is 48.1 Å². The number of likely N-dealkylation sites (tertiary alicyclic amines) is 1. The van der Waals surface area contributed by atoms with Crippen molar-refractivity contribution < 1.29 is 14.7 Å². The molecule has 1 rings (SSSR count). The highest BCUT2D eigenvalue weighted by Crippen LogP contribution is 2.09. The monoisotopic (exact) mass is 200 g/mol. The van der Waals surface area contributed by atoms with Crippen LogP contribution in [0, 0.1) is 0 Å². The van der Waals surface area contributed by atoms with Gasteiger partial charge in [-0.3, -0.25) is 9.59 Å². The molecule has 2 N–H and O–H groups in total. The highest BCUT2D eigenvalue weighted by molar-refractivity contribution is 5.79. The standard InChI is InChI=1S/C9H16N2O3/c1-10-7(9(13)14)3-4-8(12)11-5-2-6-11/h7,10H,2-6H2,1H3,(H,13,14). The predicted octanol–water partition coefficient (Wildman–Crippen LogP) is -0.328. The van der Waals surface area contributed by atoms with E-state index in [1.54, 1.807) is 11.9 Å². The fourth-order valence-electron chi connectivity index (χ4n) is 1.38. The molecule has 1 aliphatic rings. The molecule has 0 spiro atoms. The van der Waals surface area contributed by atoms with Gasteiger partial charge in [0, 0.05) is 19.5 Å². The van der Waals surface area contributed by atoms with Gasteiger partial charge in [-0.25, -0.2) is 0 Å². The first-order chi connectivity index (χ1) is 6.65. The Morgan fingerprint density at radius 1 is 1.50 bits per heavy atom. The first-order valence-electron chi connectivity index (χ1n) is 4.83. The summed E-state index contributed by atoms with van der Waals surface area (Å²) in [6, 6.07) is -0.611. The number of carbonyl (C=O) groups is 2. The lowest BCUT2D eigenvalue weighted by molar-refractivity contribution is -0.140. The number of aliphatic carboxylic acids is 1. The maximum absolute atomic E-state index is 11.4. The number of likely N-dealkylation sites (N-methyl/N-ethyl adjacent to an activating group) is 1. The molecule has 5 nitrogen and oxygen atoms in total. The molecule has 1 fully saturated rings. The highest BCUT2D eigenvalue weighted by Gasteiger charge is 2.22.